The third-order valence-electron chi connectivity index (χ3n) is 1.64. The van der Waals surface area contributed by atoms with E-state index in [9.17, 15) is 8.78 Å². The molecule has 0 radical (unpaired) electrons. The Bertz CT molecular complexity index is 307. The molecule has 1 rings (SSSR count). The van der Waals surface area contributed by atoms with E-state index in [4.69, 9.17) is 15.2 Å². The predicted octanol–water partition coefficient (Wildman–Crippen LogP) is 1.32. The third kappa shape index (κ3) is 4.22. The Morgan fingerprint density at radius 2 is 1.93 bits per heavy atom. The lowest BCUT2D eigenvalue weighted by Crippen LogP contribution is -2.13. The van der Waals surface area contributed by atoms with E-state index in [1.165, 1.54) is 6.07 Å². The SMILES string of the molecule is NCCOCCOc1ccc(F)cc1F. The summed E-state index contributed by atoms with van der Waals surface area (Å²) >= 11 is 0. The quantitative estimate of drug-likeness (QED) is 0.731. The summed E-state index contributed by atoms with van der Waals surface area (Å²) in [5.74, 6) is -1.32. The van der Waals surface area contributed by atoms with E-state index < -0.39 is 11.6 Å². The second-order valence-corrected chi connectivity index (χ2v) is 2.82. The van der Waals surface area contributed by atoms with Gasteiger partial charge in [-0.1, -0.05) is 0 Å². The lowest BCUT2D eigenvalue weighted by molar-refractivity contribution is 0.104. The Kier molecular flexibility index (Phi) is 5.00. The maximum absolute atomic E-state index is 13.0. The van der Waals surface area contributed by atoms with E-state index in [0.29, 0.717) is 19.8 Å². The molecule has 0 atom stereocenters. The monoisotopic (exact) mass is 217 g/mol. The van der Waals surface area contributed by atoms with Gasteiger partial charge in [0.2, 0.25) is 0 Å². The fourth-order valence-corrected chi connectivity index (χ4v) is 0.988. The summed E-state index contributed by atoms with van der Waals surface area (Å²) in [6.07, 6.45) is 0. The van der Waals surface area contributed by atoms with Crippen molar-refractivity contribution in [1.82, 2.24) is 0 Å². The van der Waals surface area contributed by atoms with Crippen molar-refractivity contribution in [2.75, 3.05) is 26.4 Å². The van der Waals surface area contributed by atoms with Gasteiger partial charge in [0, 0.05) is 12.6 Å². The summed E-state index contributed by atoms with van der Waals surface area (Å²) in [6, 6.07) is 3.16. The molecule has 0 heterocycles. The number of hydrogen-bond donors (Lipinski definition) is 1. The Hall–Kier alpha value is -1.20. The molecule has 0 aliphatic rings. The molecule has 0 saturated heterocycles. The normalized spacial score (nSPS) is 10.3. The van der Waals surface area contributed by atoms with E-state index in [2.05, 4.69) is 0 Å². The van der Waals surface area contributed by atoms with Crippen LogP contribution in [0.15, 0.2) is 18.2 Å². The Labute approximate surface area is 86.8 Å². The van der Waals surface area contributed by atoms with Gasteiger partial charge >= 0.3 is 0 Å². The molecule has 0 saturated carbocycles. The second kappa shape index (κ2) is 6.31. The smallest absolute Gasteiger partial charge is 0.167 e. The summed E-state index contributed by atoms with van der Waals surface area (Å²) in [5, 5.41) is 0. The zero-order chi connectivity index (χ0) is 11.1. The number of nitrogens with two attached hydrogens (primary N) is 1. The van der Waals surface area contributed by atoms with Crippen LogP contribution in [0.5, 0.6) is 5.75 Å². The zero-order valence-electron chi connectivity index (χ0n) is 8.21. The second-order valence-electron chi connectivity index (χ2n) is 2.82. The van der Waals surface area contributed by atoms with Gasteiger partial charge < -0.3 is 15.2 Å². The Morgan fingerprint density at radius 1 is 1.13 bits per heavy atom. The van der Waals surface area contributed by atoms with Crippen molar-refractivity contribution in [3.63, 3.8) is 0 Å². The highest BCUT2D eigenvalue weighted by molar-refractivity contribution is 5.24. The van der Waals surface area contributed by atoms with Crippen LogP contribution in [0, 0.1) is 11.6 Å². The molecule has 1 aromatic carbocycles. The maximum atomic E-state index is 13.0. The molecule has 5 heteroatoms. The van der Waals surface area contributed by atoms with Gasteiger partial charge in [-0.2, -0.15) is 0 Å². The minimum Gasteiger partial charge on any atom is -0.488 e. The van der Waals surface area contributed by atoms with Crippen molar-refractivity contribution in [2.45, 2.75) is 0 Å². The van der Waals surface area contributed by atoms with Crippen molar-refractivity contribution < 1.29 is 18.3 Å². The highest BCUT2D eigenvalue weighted by Gasteiger charge is 2.03. The molecule has 0 fully saturated rings. The largest absolute Gasteiger partial charge is 0.488 e. The van der Waals surface area contributed by atoms with Gasteiger partial charge in [-0.3, -0.25) is 0 Å². The van der Waals surface area contributed by atoms with Crippen LogP contribution in [-0.2, 0) is 4.74 Å². The zero-order valence-corrected chi connectivity index (χ0v) is 8.21. The molecular formula is C10H13F2NO2. The molecule has 0 aliphatic heterocycles. The third-order valence-corrected chi connectivity index (χ3v) is 1.64. The first-order chi connectivity index (χ1) is 7.24. The molecule has 0 aromatic heterocycles. The van der Waals surface area contributed by atoms with E-state index in [1.807, 2.05) is 0 Å². The van der Waals surface area contributed by atoms with Crippen LogP contribution in [0.3, 0.4) is 0 Å². The number of rotatable bonds is 6. The first-order valence-electron chi connectivity index (χ1n) is 4.59. The fraction of sp³-hybridized carbons (Fsp3) is 0.400. The van der Waals surface area contributed by atoms with Gasteiger partial charge in [0.05, 0.1) is 13.2 Å². The van der Waals surface area contributed by atoms with Gasteiger partial charge in [-0.05, 0) is 12.1 Å². The van der Waals surface area contributed by atoms with Crippen molar-refractivity contribution >= 4 is 0 Å². The lowest BCUT2D eigenvalue weighted by atomic mass is 10.3. The number of benzene rings is 1. The van der Waals surface area contributed by atoms with Crippen LogP contribution in [0.2, 0.25) is 0 Å². The van der Waals surface area contributed by atoms with E-state index in [0.717, 1.165) is 12.1 Å². The molecule has 0 amide bonds. The molecule has 84 valence electrons. The van der Waals surface area contributed by atoms with Gasteiger partial charge in [-0.15, -0.1) is 0 Å². The summed E-state index contributed by atoms with van der Waals surface area (Å²) in [7, 11) is 0. The standard InChI is InChI=1S/C10H13F2NO2/c11-8-1-2-10(9(12)7-8)15-6-5-14-4-3-13/h1-2,7H,3-6,13H2. The van der Waals surface area contributed by atoms with Crippen LogP contribution in [0.4, 0.5) is 8.78 Å². The molecule has 15 heavy (non-hydrogen) atoms. The number of halogens is 2. The van der Waals surface area contributed by atoms with E-state index >= 15 is 0 Å². The molecule has 1 aromatic rings. The first kappa shape index (κ1) is 11.9. The average molecular weight is 217 g/mol. The molecule has 0 spiro atoms. The topological polar surface area (TPSA) is 44.5 Å². The molecule has 3 nitrogen and oxygen atoms in total. The minimum absolute atomic E-state index is 0.0211. The Morgan fingerprint density at radius 3 is 2.60 bits per heavy atom. The summed E-state index contributed by atoms with van der Waals surface area (Å²) in [6.45, 7) is 1.41. The van der Waals surface area contributed by atoms with Crippen LogP contribution >= 0.6 is 0 Å². The number of ether oxygens (including phenoxy) is 2. The van der Waals surface area contributed by atoms with Gasteiger partial charge in [-0.25, -0.2) is 8.78 Å². The maximum Gasteiger partial charge on any atom is 0.167 e. The van der Waals surface area contributed by atoms with Crippen molar-refractivity contribution in [3.8, 4) is 5.75 Å². The fourth-order valence-electron chi connectivity index (χ4n) is 0.988. The lowest BCUT2D eigenvalue weighted by Gasteiger charge is -2.07. The predicted molar refractivity (Wildman–Crippen MR) is 51.7 cm³/mol. The summed E-state index contributed by atoms with van der Waals surface area (Å²) in [5.41, 5.74) is 5.20. The molecular weight excluding hydrogens is 204 g/mol. The summed E-state index contributed by atoms with van der Waals surface area (Å²) < 4.78 is 35.6. The van der Waals surface area contributed by atoms with Crippen LogP contribution in [0.25, 0.3) is 0 Å². The molecule has 0 aliphatic carbocycles. The number of hydrogen-bond acceptors (Lipinski definition) is 3. The molecule has 0 unspecified atom stereocenters. The van der Waals surface area contributed by atoms with Gasteiger partial charge in [0.1, 0.15) is 12.4 Å². The molecule has 0 bridgehead atoms. The highest BCUT2D eigenvalue weighted by Crippen LogP contribution is 2.17. The van der Waals surface area contributed by atoms with Crippen LogP contribution in [-0.4, -0.2) is 26.4 Å². The highest BCUT2D eigenvalue weighted by atomic mass is 19.1. The van der Waals surface area contributed by atoms with Crippen LogP contribution < -0.4 is 10.5 Å². The van der Waals surface area contributed by atoms with Crippen molar-refractivity contribution in [3.05, 3.63) is 29.8 Å². The van der Waals surface area contributed by atoms with Crippen molar-refractivity contribution in [2.24, 2.45) is 5.73 Å². The Balaban J connectivity index is 2.31. The van der Waals surface area contributed by atoms with E-state index in [1.54, 1.807) is 0 Å². The van der Waals surface area contributed by atoms with Crippen LogP contribution in [0.1, 0.15) is 0 Å². The minimum atomic E-state index is -0.714. The van der Waals surface area contributed by atoms with Gasteiger partial charge in [0.15, 0.2) is 11.6 Å². The van der Waals surface area contributed by atoms with Crippen molar-refractivity contribution in [1.29, 1.82) is 0 Å². The molecule has 2 N–H and O–H groups in total. The first-order valence-corrected chi connectivity index (χ1v) is 4.59. The average Bonchev–Trinajstić information content (AvgIpc) is 2.20. The van der Waals surface area contributed by atoms with Gasteiger partial charge in [0.25, 0.3) is 0 Å². The van der Waals surface area contributed by atoms with E-state index in [-0.39, 0.29) is 12.4 Å². The summed E-state index contributed by atoms with van der Waals surface area (Å²) in [4.78, 5) is 0.